The van der Waals surface area contributed by atoms with Crippen molar-refractivity contribution in [3.63, 3.8) is 0 Å². The molecule has 4 nitrogen and oxygen atoms in total. The first-order valence-electron chi connectivity index (χ1n) is 4.89. The second kappa shape index (κ2) is 5.90. The van der Waals surface area contributed by atoms with Crippen molar-refractivity contribution in [3.8, 4) is 5.88 Å². The number of hydrogen-bond acceptors (Lipinski definition) is 4. The molecule has 1 heterocycles. The summed E-state index contributed by atoms with van der Waals surface area (Å²) in [7, 11) is 1.59. The van der Waals surface area contributed by atoms with Crippen molar-refractivity contribution in [2.45, 2.75) is 31.1 Å². The van der Waals surface area contributed by atoms with Crippen molar-refractivity contribution in [2.75, 3.05) is 12.4 Å². The van der Waals surface area contributed by atoms with Crippen LogP contribution in [-0.2, 0) is 0 Å². The molecule has 0 bridgehead atoms. The molecule has 1 aromatic heterocycles. The van der Waals surface area contributed by atoms with E-state index in [-0.39, 0.29) is 0 Å². The van der Waals surface area contributed by atoms with Gasteiger partial charge < -0.3 is 10.1 Å². The van der Waals surface area contributed by atoms with Crippen molar-refractivity contribution in [1.82, 2.24) is 9.97 Å². The van der Waals surface area contributed by atoms with Crippen LogP contribution in [0.4, 0.5) is 5.95 Å². The number of rotatable bonds is 5. The van der Waals surface area contributed by atoms with E-state index in [1.54, 1.807) is 19.4 Å². The standard InChI is InChI=1S/C10H16BrN3O/c1-7(11)6-8(2)13-10-12-5-4-9(14-10)15-3/h4-5,7-8H,6H2,1-3H3,(H,12,13,14). The van der Waals surface area contributed by atoms with Gasteiger partial charge in [-0.25, -0.2) is 4.98 Å². The fraction of sp³-hybridized carbons (Fsp3) is 0.600. The largest absolute Gasteiger partial charge is 0.481 e. The summed E-state index contributed by atoms with van der Waals surface area (Å²) < 4.78 is 5.02. The highest BCUT2D eigenvalue weighted by atomic mass is 79.9. The third kappa shape index (κ3) is 4.46. The highest BCUT2D eigenvalue weighted by Gasteiger charge is 2.07. The Kier molecular flexibility index (Phi) is 4.81. The van der Waals surface area contributed by atoms with Crippen molar-refractivity contribution < 1.29 is 4.74 Å². The number of anilines is 1. The lowest BCUT2D eigenvalue weighted by Gasteiger charge is -2.14. The lowest BCUT2D eigenvalue weighted by molar-refractivity contribution is 0.397. The normalized spacial score (nSPS) is 14.4. The Morgan fingerprint density at radius 1 is 1.53 bits per heavy atom. The first-order valence-corrected chi connectivity index (χ1v) is 5.81. The van der Waals surface area contributed by atoms with Gasteiger partial charge in [0, 0.05) is 23.1 Å². The van der Waals surface area contributed by atoms with Crippen molar-refractivity contribution in [2.24, 2.45) is 0 Å². The minimum Gasteiger partial charge on any atom is -0.481 e. The highest BCUT2D eigenvalue weighted by molar-refractivity contribution is 9.09. The molecular formula is C10H16BrN3O. The topological polar surface area (TPSA) is 47.0 Å². The maximum Gasteiger partial charge on any atom is 0.226 e. The van der Waals surface area contributed by atoms with Gasteiger partial charge in [0.05, 0.1) is 7.11 Å². The van der Waals surface area contributed by atoms with Crippen molar-refractivity contribution in [3.05, 3.63) is 12.3 Å². The van der Waals surface area contributed by atoms with E-state index in [0.29, 0.717) is 22.7 Å². The molecule has 2 atom stereocenters. The minimum atomic E-state index is 0.325. The van der Waals surface area contributed by atoms with E-state index in [2.05, 4.69) is 45.1 Å². The van der Waals surface area contributed by atoms with E-state index in [1.807, 2.05) is 0 Å². The number of halogens is 1. The van der Waals surface area contributed by atoms with E-state index in [0.717, 1.165) is 6.42 Å². The summed E-state index contributed by atoms with van der Waals surface area (Å²) in [5, 5.41) is 3.22. The maximum absolute atomic E-state index is 5.02. The zero-order valence-corrected chi connectivity index (χ0v) is 10.8. The number of hydrogen-bond donors (Lipinski definition) is 1. The summed E-state index contributed by atoms with van der Waals surface area (Å²) in [6.07, 6.45) is 2.69. The van der Waals surface area contributed by atoms with E-state index in [9.17, 15) is 0 Å². The SMILES string of the molecule is COc1ccnc(NC(C)CC(C)Br)n1. The minimum absolute atomic E-state index is 0.325. The van der Waals surface area contributed by atoms with Gasteiger partial charge in [-0.15, -0.1) is 0 Å². The van der Waals surface area contributed by atoms with Gasteiger partial charge in [-0.2, -0.15) is 4.98 Å². The maximum atomic E-state index is 5.02. The van der Waals surface area contributed by atoms with E-state index < -0.39 is 0 Å². The zero-order chi connectivity index (χ0) is 11.3. The highest BCUT2D eigenvalue weighted by Crippen LogP contribution is 2.12. The molecule has 84 valence electrons. The summed E-state index contributed by atoms with van der Waals surface area (Å²) in [5.74, 6) is 1.18. The van der Waals surface area contributed by atoms with Gasteiger partial charge in [0.25, 0.3) is 0 Å². The van der Waals surface area contributed by atoms with Gasteiger partial charge in [-0.3, -0.25) is 0 Å². The molecule has 0 aliphatic rings. The Hall–Kier alpha value is -0.840. The van der Waals surface area contributed by atoms with Crippen LogP contribution in [0.15, 0.2) is 12.3 Å². The number of nitrogens with zero attached hydrogens (tertiary/aromatic N) is 2. The summed E-state index contributed by atoms with van der Waals surface area (Å²) in [6.45, 7) is 4.21. The lowest BCUT2D eigenvalue weighted by Crippen LogP contribution is -2.19. The third-order valence-corrected chi connectivity index (χ3v) is 2.27. The summed E-state index contributed by atoms with van der Waals surface area (Å²) in [5.41, 5.74) is 0. The molecule has 2 unspecified atom stereocenters. The zero-order valence-electron chi connectivity index (χ0n) is 9.20. The van der Waals surface area contributed by atoms with Crippen molar-refractivity contribution >= 4 is 21.9 Å². The van der Waals surface area contributed by atoms with Gasteiger partial charge in [0.15, 0.2) is 0 Å². The van der Waals surface area contributed by atoms with E-state index in [4.69, 9.17) is 4.74 Å². The van der Waals surface area contributed by atoms with E-state index >= 15 is 0 Å². The first-order chi connectivity index (χ1) is 7.11. The number of nitrogens with one attached hydrogen (secondary N) is 1. The van der Waals surface area contributed by atoms with Gasteiger partial charge in [-0.05, 0) is 13.3 Å². The molecule has 1 N–H and O–H groups in total. The smallest absolute Gasteiger partial charge is 0.226 e. The van der Waals surface area contributed by atoms with Crippen LogP contribution in [0.25, 0.3) is 0 Å². The monoisotopic (exact) mass is 273 g/mol. The van der Waals surface area contributed by atoms with Gasteiger partial charge in [0.1, 0.15) is 0 Å². The van der Waals surface area contributed by atoms with Crippen LogP contribution < -0.4 is 10.1 Å². The Bertz CT molecular complexity index is 306. The number of methoxy groups -OCH3 is 1. The molecule has 5 heteroatoms. The second-order valence-electron chi connectivity index (χ2n) is 3.48. The number of ether oxygens (including phenoxy) is 1. The molecular weight excluding hydrogens is 258 g/mol. The Balaban J connectivity index is 2.55. The quantitative estimate of drug-likeness (QED) is 0.838. The summed E-state index contributed by atoms with van der Waals surface area (Å²) in [4.78, 5) is 8.77. The first kappa shape index (κ1) is 12.2. The van der Waals surface area contributed by atoms with Crippen LogP contribution in [-0.4, -0.2) is 27.9 Å². The molecule has 0 fully saturated rings. The molecule has 15 heavy (non-hydrogen) atoms. The van der Waals surface area contributed by atoms with Crippen LogP contribution in [0.3, 0.4) is 0 Å². The van der Waals surface area contributed by atoms with Crippen LogP contribution in [0.5, 0.6) is 5.88 Å². The molecule has 0 spiro atoms. The van der Waals surface area contributed by atoms with Crippen LogP contribution in [0.2, 0.25) is 0 Å². The average Bonchev–Trinajstić information content (AvgIpc) is 2.16. The lowest BCUT2D eigenvalue weighted by atomic mass is 10.2. The molecule has 1 rings (SSSR count). The molecule has 0 saturated carbocycles. The second-order valence-corrected chi connectivity index (χ2v) is 5.05. The molecule has 0 aromatic carbocycles. The Labute approximate surface area is 98.6 Å². The van der Waals surface area contributed by atoms with Crippen LogP contribution in [0, 0.1) is 0 Å². The molecule has 1 aromatic rings. The summed E-state index contributed by atoms with van der Waals surface area (Å²) in [6, 6.07) is 2.05. The predicted octanol–water partition coefficient (Wildman–Crippen LogP) is 2.46. The van der Waals surface area contributed by atoms with Crippen LogP contribution in [0.1, 0.15) is 20.3 Å². The number of aromatic nitrogens is 2. The van der Waals surface area contributed by atoms with Gasteiger partial charge in [-0.1, -0.05) is 22.9 Å². The molecule has 0 amide bonds. The average molecular weight is 274 g/mol. The third-order valence-electron chi connectivity index (χ3n) is 1.89. The molecule has 0 radical (unpaired) electrons. The molecule has 0 saturated heterocycles. The Morgan fingerprint density at radius 3 is 2.87 bits per heavy atom. The number of alkyl halides is 1. The fourth-order valence-corrected chi connectivity index (χ4v) is 1.85. The summed E-state index contributed by atoms with van der Waals surface area (Å²) >= 11 is 3.51. The van der Waals surface area contributed by atoms with E-state index in [1.165, 1.54) is 0 Å². The van der Waals surface area contributed by atoms with Crippen LogP contribution >= 0.6 is 15.9 Å². The molecule has 0 aliphatic heterocycles. The molecule has 0 aliphatic carbocycles. The van der Waals surface area contributed by atoms with Gasteiger partial charge >= 0.3 is 0 Å². The predicted molar refractivity (Wildman–Crippen MR) is 64.7 cm³/mol. The van der Waals surface area contributed by atoms with Crippen molar-refractivity contribution in [1.29, 1.82) is 0 Å². The Morgan fingerprint density at radius 2 is 2.27 bits per heavy atom. The fourth-order valence-electron chi connectivity index (χ4n) is 1.29. The van der Waals surface area contributed by atoms with Gasteiger partial charge in [0.2, 0.25) is 11.8 Å².